The van der Waals surface area contributed by atoms with Gasteiger partial charge in [0, 0.05) is 18.1 Å². The number of hydrogen-bond acceptors (Lipinski definition) is 4. The van der Waals surface area contributed by atoms with Gasteiger partial charge < -0.3 is 5.32 Å². The van der Waals surface area contributed by atoms with Crippen LogP contribution in [0.1, 0.15) is 13.3 Å². The van der Waals surface area contributed by atoms with Crippen molar-refractivity contribution in [2.24, 2.45) is 0 Å². The number of anilines is 1. The summed E-state index contributed by atoms with van der Waals surface area (Å²) in [6.07, 6.45) is 2.50. The molecule has 0 aliphatic rings. The Bertz CT molecular complexity index is 190. The van der Waals surface area contributed by atoms with Crippen LogP contribution in [0.25, 0.3) is 0 Å². The summed E-state index contributed by atoms with van der Waals surface area (Å²) in [7, 11) is 0. The molecule has 3 nitrogen and oxygen atoms in total. The summed E-state index contributed by atoms with van der Waals surface area (Å²) in [6, 6.07) is 0. The Balaban J connectivity index is 2.23. The van der Waals surface area contributed by atoms with Crippen molar-refractivity contribution < 1.29 is 0 Å². The summed E-state index contributed by atoms with van der Waals surface area (Å²) in [4.78, 5) is 3.96. The van der Waals surface area contributed by atoms with E-state index in [1.807, 2.05) is 0 Å². The highest BCUT2D eigenvalue weighted by molar-refractivity contribution is 7.09. The maximum Gasteiger partial charge on any atom is 0.202 e. The number of nitrogens with zero attached hydrogens (tertiary/aromatic N) is 2. The second kappa shape index (κ2) is 4.51. The van der Waals surface area contributed by atoms with Crippen LogP contribution >= 0.6 is 23.1 Å². The van der Waals surface area contributed by atoms with Gasteiger partial charge in [0.15, 0.2) is 0 Å². The smallest absolute Gasteiger partial charge is 0.202 e. The second-order valence-corrected chi connectivity index (χ2v) is 3.53. The van der Waals surface area contributed by atoms with Crippen LogP contribution in [0.2, 0.25) is 0 Å². The third-order valence-corrected chi connectivity index (χ3v) is 2.36. The lowest BCUT2D eigenvalue weighted by atomic mass is 10.3. The molecule has 0 bridgehead atoms. The fourth-order valence-electron chi connectivity index (χ4n) is 0.593. The number of rotatable bonds is 4. The van der Waals surface area contributed by atoms with Gasteiger partial charge in [-0.2, -0.15) is 4.37 Å². The van der Waals surface area contributed by atoms with E-state index in [0.717, 1.165) is 18.1 Å². The van der Waals surface area contributed by atoms with Crippen LogP contribution in [0, 0.1) is 0 Å². The first kappa shape index (κ1) is 8.74. The normalized spacial score (nSPS) is 12.9. The van der Waals surface area contributed by atoms with Gasteiger partial charge in [0.2, 0.25) is 5.13 Å². The number of nitrogens with one attached hydrogen (secondary N) is 1. The summed E-state index contributed by atoms with van der Waals surface area (Å²) in [5.74, 6) is 0. The molecule has 1 unspecified atom stereocenters. The van der Waals surface area contributed by atoms with Crippen molar-refractivity contribution in [1.29, 1.82) is 0 Å². The van der Waals surface area contributed by atoms with E-state index in [0.29, 0.717) is 0 Å². The quantitative estimate of drug-likeness (QED) is 0.740. The molecule has 0 radical (unpaired) electrons. The molecule has 1 aromatic heterocycles. The van der Waals surface area contributed by atoms with E-state index in [1.54, 1.807) is 0 Å². The summed E-state index contributed by atoms with van der Waals surface area (Å²) < 4.78 is 3.85. The summed E-state index contributed by atoms with van der Waals surface area (Å²) >= 11 is 7.22. The molecule has 1 rings (SSSR count). The highest BCUT2D eigenvalue weighted by atomic mass is 35.5. The van der Waals surface area contributed by atoms with Gasteiger partial charge in [0.1, 0.15) is 6.33 Å². The van der Waals surface area contributed by atoms with Gasteiger partial charge in [0.05, 0.1) is 5.38 Å². The number of hydrogen-bond donors (Lipinski definition) is 1. The molecule has 0 aromatic carbocycles. The molecule has 0 amide bonds. The molecule has 0 saturated carbocycles. The molecule has 0 fully saturated rings. The van der Waals surface area contributed by atoms with Crippen molar-refractivity contribution in [3.8, 4) is 0 Å². The van der Waals surface area contributed by atoms with E-state index < -0.39 is 0 Å². The van der Waals surface area contributed by atoms with Crippen molar-refractivity contribution in [2.75, 3.05) is 11.9 Å². The second-order valence-electron chi connectivity index (χ2n) is 2.13. The van der Waals surface area contributed by atoms with Gasteiger partial charge in [-0.25, -0.2) is 4.98 Å². The van der Waals surface area contributed by atoms with Gasteiger partial charge in [-0.15, -0.1) is 11.6 Å². The minimum Gasteiger partial charge on any atom is -0.359 e. The average Bonchev–Trinajstić information content (AvgIpc) is 2.52. The molecule has 11 heavy (non-hydrogen) atoms. The van der Waals surface area contributed by atoms with Gasteiger partial charge in [-0.05, 0) is 6.42 Å². The van der Waals surface area contributed by atoms with Crippen LogP contribution in [0.15, 0.2) is 6.33 Å². The zero-order valence-corrected chi connectivity index (χ0v) is 7.82. The van der Waals surface area contributed by atoms with Gasteiger partial charge in [-0.1, -0.05) is 6.92 Å². The molecule has 62 valence electrons. The lowest BCUT2D eigenvalue weighted by Gasteiger charge is -2.05. The summed E-state index contributed by atoms with van der Waals surface area (Å²) in [5, 5.41) is 4.10. The van der Waals surface area contributed by atoms with Crippen LogP contribution in [0.4, 0.5) is 5.13 Å². The third kappa shape index (κ3) is 3.03. The Kier molecular flexibility index (Phi) is 3.59. The summed E-state index contributed by atoms with van der Waals surface area (Å²) in [5.41, 5.74) is 0. The Morgan fingerprint density at radius 2 is 2.64 bits per heavy atom. The molecule has 0 aliphatic heterocycles. The molecular weight excluding hydrogens is 182 g/mol. The first-order valence-electron chi connectivity index (χ1n) is 3.47. The predicted molar refractivity (Wildman–Crippen MR) is 48.3 cm³/mol. The summed E-state index contributed by atoms with van der Waals surface area (Å²) in [6.45, 7) is 2.81. The van der Waals surface area contributed by atoms with E-state index in [2.05, 4.69) is 21.6 Å². The molecule has 1 aromatic rings. The molecule has 0 aliphatic carbocycles. The fourth-order valence-corrected chi connectivity index (χ4v) is 1.11. The maximum absolute atomic E-state index is 5.88. The molecule has 5 heteroatoms. The minimum atomic E-state index is 0.180. The zero-order chi connectivity index (χ0) is 8.10. The minimum absolute atomic E-state index is 0.180. The SMILES string of the molecule is CCC(Cl)CNc1ncns1. The van der Waals surface area contributed by atoms with Gasteiger partial charge >= 0.3 is 0 Å². The van der Waals surface area contributed by atoms with Crippen molar-refractivity contribution in [3.63, 3.8) is 0 Å². The Morgan fingerprint density at radius 3 is 3.18 bits per heavy atom. The van der Waals surface area contributed by atoms with Crippen LogP contribution in [-0.4, -0.2) is 21.3 Å². The van der Waals surface area contributed by atoms with Gasteiger partial charge in [0.25, 0.3) is 0 Å². The van der Waals surface area contributed by atoms with Crippen LogP contribution < -0.4 is 5.32 Å². The van der Waals surface area contributed by atoms with Crippen molar-refractivity contribution in [2.45, 2.75) is 18.7 Å². The van der Waals surface area contributed by atoms with E-state index in [1.165, 1.54) is 17.9 Å². The Hall–Kier alpha value is -0.350. The highest BCUT2D eigenvalue weighted by Crippen LogP contribution is 2.08. The average molecular weight is 192 g/mol. The van der Waals surface area contributed by atoms with Crippen molar-refractivity contribution in [1.82, 2.24) is 9.36 Å². The monoisotopic (exact) mass is 191 g/mol. The molecular formula is C6H10ClN3S. The largest absolute Gasteiger partial charge is 0.359 e. The van der Waals surface area contributed by atoms with E-state index >= 15 is 0 Å². The standard InChI is InChI=1S/C6H10ClN3S/c1-2-5(7)3-8-6-9-4-10-11-6/h4-5H,2-3H2,1H3,(H,8,9,10). The number of aromatic nitrogens is 2. The Morgan fingerprint density at radius 1 is 1.82 bits per heavy atom. The lowest BCUT2D eigenvalue weighted by Crippen LogP contribution is -2.12. The third-order valence-electron chi connectivity index (χ3n) is 1.28. The molecule has 1 atom stereocenters. The zero-order valence-electron chi connectivity index (χ0n) is 6.25. The van der Waals surface area contributed by atoms with Crippen LogP contribution in [0.3, 0.4) is 0 Å². The van der Waals surface area contributed by atoms with Gasteiger partial charge in [-0.3, -0.25) is 0 Å². The van der Waals surface area contributed by atoms with E-state index in [9.17, 15) is 0 Å². The maximum atomic E-state index is 5.88. The number of halogens is 1. The first-order chi connectivity index (χ1) is 5.33. The van der Waals surface area contributed by atoms with Crippen molar-refractivity contribution >= 4 is 28.3 Å². The first-order valence-corrected chi connectivity index (χ1v) is 4.68. The van der Waals surface area contributed by atoms with Crippen molar-refractivity contribution in [3.05, 3.63) is 6.33 Å². The molecule has 1 heterocycles. The molecule has 1 N–H and O–H groups in total. The Labute approximate surface area is 75.0 Å². The lowest BCUT2D eigenvalue weighted by molar-refractivity contribution is 0.843. The topological polar surface area (TPSA) is 37.8 Å². The van der Waals surface area contributed by atoms with E-state index in [-0.39, 0.29) is 5.38 Å². The predicted octanol–water partition coefficient (Wildman–Crippen LogP) is 1.97. The molecule has 0 saturated heterocycles. The fraction of sp³-hybridized carbons (Fsp3) is 0.667. The van der Waals surface area contributed by atoms with Crippen LogP contribution in [-0.2, 0) is 0 Å². The number of alkyl halides is 1. The van der Waals surface area contributed by atoms with E-state index in [4.69, 9.17) is 11.6 Å². The highest BCUT2D eigenvalue weighted by Gasteiger charge is 2.01. The van der Waals surface area contributed by atoms with Crippen LogP contribution in [0.5, 0.6) is 0 Å². The molecule has 0 spiro atoms.